The summed E-state index contributed by atoms with van der Waals surface area (Å²) < 4.78 is 45.2. The maximum atomic E-state index is 12.8. The smallest absolute Gasteiger partial charge is 0.416 e. The molecule has 0 saturated heterocycles. The Bertz CT molecular complexity index is 1210. The van der Waals surface area contributed by atoms with Crippen molar-refractivity contribution in [3.63, 3.8) is 0 Å². The van der Waals surface area contributed by atoms with Gasteiger partial charge in [-0.1, -0.05) is 48.6 Å². The van der Waals surface area contributed by atoms with Gasteiger partial charge < -0.3 is 9.84 Å². The third-order valence-corrected chi connectivity index (χ3v) is 5.31. The molecule has 1 N–H and O–H groups in total. The third kappa shape index (κ3) is 6.42. The van der Waals surface area contributed by atoms with Crippen LogP contribution in [-0.2, 0) is 27.9 Å². The van der Waals surface area contributed by atoms with Gasteiger partial charge in [-0.15, -0.1) is 0 Å². The molecule has 0 aliphatic rings. The van der Waals surface area contributed by atoms with E-state index in [0.717, 1.165) is 35.4 Å². The zero-order chi connectivity index (χ0) is 25.8. The standard InChI is InChI=1S/C25H24F3N3O4/c1-16(23(33)34)35-24(2,3)19-10-6-17(7-11-19)5-4-14-31-22(29-15-30-31)21(32)18-8-12-20(13-9-18)25(26,27)28/h4-13,15-16H,14H2,1-3H3,(H,33,34)/t16-/m1/s1. The molecule has 0 aliphatic carbocycles. The summed E-state index contributed by atoms with van der Waals surface area (Å²) in [6, 6.07) is 11.3. The molecule has 1 atom stereocenters. The Balaban J connectivity index is 1.67. The summed E-state index contributed by atoms with van der Waals surface area (Å²) in [7, 11) is 0. The molecule has 0 radical (unpaired) electrons. The van der Waals surface area contributed by atoms with Gasteiger partial charge in [0.25, 0.3) is 0 Å². The Morgan fingerprint density at radius 1 is 1.06 bits per heavy atom. The zero-order valence-electron chi connectivity index (χ0n) is 19.3. The molecule has 184 valence electrons. The molecule has 1 heterocycles. The molecule has 3 rings (SSSR count). The highest BCUT2D eigenvalue weighted by atomic mass is 19.4. The van der Waals surface area contributed by atoms with Crippen molar-refractivity contribution in [2.45, 2.75) is 45.2 Å². The van der Waals surface area contributed by atoms with Gasteiger partial charge in [-0.05, 0) is 44.0 Å². The molecule has 0 bridgehead atoms. The number of hydrogen-bond donors (Lipinski definition) is 1. The first-order valence-corrected chi connectivity index (χ1v) is 10.7. The van der Waals surface area contributed by atoms with Crippen LogP contribution in [0.4, 0.5) is 13.2 Å². The summed E-state index contributed by atoms with van der Waals surface area (Å²) >= 11 is 0. The number of carboxylic acids is 1. The molecule has 2 aromatic carbocycles. The number of ketones is 1. The van der Waals surface area contributed by atoms with Crippen molar-refractivity contribution < 1.29 is 32.6 Å². The quantitative estimate of drug-likeness (QED) is 0.429. The molecular formula is C25H24F3N3O4. The van der Waals surface area contributed by atoms with Crippen molar-refractivity contribution in [3.05, 3.63) is 89.0 Å². The SMILES string of the molecule is C[C@@H](OC(C)(C)c1ccc(C=CCn2ncnc2C(=O)c2ccc(C(F)(F)F)cc2)cc1)C(=O)O. The van der Waals surface area contributed by atoms with Crippen LogP contribution >= 0.6 is 0 Å². The first-order valence-electron chi connectivity index (χ1n) is 10.7. The lowest BCUT2D eigenvalue weighted by atomic mass is 9.96. The number of aromatic nitrogens is 3. The second kappa shape index (κ2) is 10.2. The highest BCUT2D eigenvalue weighted by Crippen LogP contribution is 2.29. The lowest BCUT2D eigenvalue weighted by Gasteiger charge is -2.28. The van der Waals surface area contributed by atoms with Gasteiger partial charge in [-0.25, -0.2) is 14.5 Å². The highest BCUT2D eigenvalue weighted by molar-refractivity contribution is 6.06. The summed E-state index contributed by atoms with van der Waals surface area (Å²) in [4.78, 5) is 27.7. The first kappa shape index (κ1) is 25.8. The predicted molar refractivity (Wildman–Crippen MR) is 122 cm³/mol. The van der Waals surface area contributed by atoms with Gasteiger partial charge in [-0.2, -0.15) is 18.3 Å². The fourth-order valence-corrected chi connectivity index (χ4v) is 3.36. The molecule has 3 aromatic rings. The maximum absolute atomic E-state index is 12.8. The van der Waals surface area contributed by atoms with Crippen LogP contribution in [-0.4, -0.2) is 37.7 Å². The topological polar surface area (TPSA) is 94.3 Å². The Kier molecular flexibility index (Phi) is 7.54. The van der Waals surface area contributed by atoms with Crippen LogP contribution in [0.1, 0.15) is 53.6 Å². The average Bonchev–Trinajstić information content (AvgIpc) is 3.26. The molecular weight excluding hydrogens is 463 g/mol. The lowest BCUT2D eigenvalue weighted by molar-refractivity contribution is -0.160. The molecule has 1 aromatic heterocycles. The number of alkyl halides is 3. The summed E-state index contributed by atoms with van der Waals surface area (Å²) in [5.41, 5.74) is 0.105. The number of carboxylic acid groups (broad SMARTS) is 1. The van der Waals surface area contributed by atoms with E-state index in [1.807, 2.05) is 30.3 Å². The van der Waals surface area contributed by atoms with Crippen LogP contribution in [0.2, 0.25) is 0 Å². The Hall–Kier alpha value is -3.79. The van der Waals surface area contributed by atoms with Crippen molar-refractivity contribution in [1.82, 2.24) is 14.8 Å². The van der Waals surface area contributed by atoms with E-state index >= 15 is 0 Å². The Labute approximate surface area is 199 Å². The van der Waals surface area contributed by atoms with Gasteiger partial charge >= 0.3 is 12.1 Å². The van der Waals surface area contributed by atoms with Crippen LogP contribution in [0, 0.1) is 0 Å². The molecule has 0 saturated carbocycles. The van der Waals surface area contributed by atoms with Crippen molar-refractivity contribution >= 4 is 17.8 Å². The van der Waals surface area contributed by atoms with Crippen LogP contribution in [0.25, 0.3) is 6.08 Å². The van der Waals surface area contributed by atoms with Gasteiger partial charge in [0, 0.05) is 5.56 Å². The lowest BCUT2D eigenvalue weighted by Crippen LogP contribution is -2.31. The van der Waals surface area contributed by atoms with Crippen LogP contribution in [0.5, 0.6) is 0 Å². The van der Waals surface area contributed by atoms with Crippen molar-refractivity contribution in [1.29, 1.82) is 0 Å². The number of benzene rings is 2. The van der Waals surface area contributed by atoms with Crippen molar-refractivity contribution in [2.24, 2.45) is 0 Å². The molecule has 0 amide bonds. The van der Waals surface area contributed by atoms with Crippen LogP contribution in [0.15, 0.2) is 60.9 Å². The van der Waals surface area contributed by atoms with Crippen molar-refractivity contribution in [2.75, 3.05) is 0 Å². The number of halogens is 3. The fraction of sp³-hybridized carbons (Fsp3) is 0.280. The van der Waals surface area contributed by atoms with E-state index in [0.29, 0.717) is 0 Å². The van der Waals surface area contributed by atoms with E-state index < -0.39 is 35.2 Å². The second-order valence-electron chi connectivity index (χ2n) is 8.30. The van der Waals surface area contributed by atoms with E-state index in [1.54, 1.807) is 19.9 Å². The maximum Gasteiger partial charge on any atom is 0.416 e. The van der Waals surface area contributed by atoms with E-state index in [1.165, 1.54) is 17.9 Å². The summed E-state index contributed by atoms with van der Waals surface area (Å²) in [5, 5.41) is 13.1. The van der Waals surface area contributed by atoms with Crippen LogP contribution in [0.3, 0.4) is 0 Å². The number of carbonyl (C=O) groups is 2. The van der Waals surface area contributed by atoms with Gasteiger partial charge in [0.05, 0.1) is 17.7 Å². The Morgan fingerprint density at radius 3 is 2.23 bits per heavy atom. The van der Waals surface area contributed by atoms with Gasteiger partial charge in [0.2, 0.25) is 5.78 Å². The number of rotatable bonds is 9. The molecule has 7 nitrogen and oxygen atoms in total. The second-order valence-corrected chi connectivity index (χ2v) is 8.30. The van der Waals surface area contributed by atoms with E-state index in [9.17, 15) is 22.8 Å². The van der Waals surface area contributed by atoms with Gasteiger partial charge in [0.1, 0.15) is 6.33 Å². The monoisotopic (exact) mass is 487 g/mol. The minimum absolute atomic E-state index is 0.0104. The largest absolute Gasteiger partial charge is 0.479 e. The number of carbonyl (C=O) groups excluding carboxylic acids is 1. The predicted octanol–water partition coefficient (Wildman–Crippen LogP) is 4.97. The molecule has 35 heavy (non-hydrogen) atoms. The minimum atomic E-state index is -4.48. The Morgan fingerprint density at radius 2 is 1.66 bits per heavy atom. The molecule has 0 unspecified atom stereocenters. The highest BCUT2D eigenvalue weighted by Gasteiger charge is 2.30. The molecule has 0 aliphatic heterocycles. The minimum Gasteiger partial charge on any atom is -0.479 e. The van der Waals surface area contributed by atoms with E-state index in [2.05, 4.69) is 10.1 Å². The summed E-state index contributed by atoms with van der Waals surface area (Å²) in [6.45, 7) is 5.27. The summed E-state index contributed by atoms with van der Waals surface area (Å²) in [5.74, 6) is -1.56. The average molecular weight is 487 g/mol. The third-order valence-electron chi connectivity index (χ3n) is 5.31. The van der Waals surface area contributed by atoms with Gasteiger partial charge in [-0.3, -0.25) is 4.79 Å². The normalized spacial score (nSPS) is 13.2. The van der Waals surface area contributed by atoms with Crippen molar-refractivity contribution in [3.8, 4) is 0 Å². The number of allylic oxidation sites excluding steroid dienone is 1. The van der Waals surface area contributed by atoms with Crippen LogP contribution < -0.4 is 0 Å². The number of ether oxygens (including phenoxy) is 1. The number of hydrogen-bond acceptors (Lipinski definition) is 5. The molecule has 0 fully saturated rings. The number of aliphatic carboxylic acids is 1. The first-order chi connectivity index (χ1) is 16.4. The number of nitrogens with zero attached hydrogens (tertiary/aromatic N) is 3. The molecule has 10 heteroatoms. The summed E-state index contributed by atoms with van der Waals surface area (Å²) in [6.07, 6.45) is -0.649. The zero-order valence-corrected chi connectivity index (χ0v) is 19.3. The molecule has 0 spiro atoms. The van der Waals surface area contributed by atoms with E-state index in [4.69, 9.17) is 9.84 Å². The fourth-order valence-electron chi connectivity index (χ4n) is 3.36. The van der Waals surface area contributed by atoms with Gasteiger partial charge in [0.15, 0.2) is 11.9 Å². The van der Waals surface area contributed by atoms with E-state index in [-0.39, 0.29) is 17.9 Å².